The smallest absolute Gasteiger partial charge is 0.306 e. The lowest BCUT2D eigenvalue weighted by molar-refractivity contribution is -0.142. The predicted octanol–water partition coefficient (Wildman–Crippen LogP) is 2.90. The van der Waals surface area contributed by atoms with E-state index in [-0.39, 0.29) is 29.4 Å². The van der Waals surface area contributed by atoms with Crippen LogP contribution in [0.25, 0.3) is 5.69 Å². The molecule has 1 aliphatic rings. The molecular formula is C19H23FN4O3. The minimum absolute atomic E-state index is 0.0117. The summed E-state index contributed by atoms with van der Waals surface area (Å²) in [5.74, 6) is -1.56. The number of carbonyl (C=O) groups is 2. The molecule has 3 rings (SSSR count). The van der Waals surface area contributed by atoms with Crippen molar-refractivity contribution >= 4 is 11.9 Å². The van der Waals surface area contributed by atoms with Crippen LogP contribution >= 0.6 is 0 Å². The molecule has 0 aliphatic heterocycles. The monoisotopic (exact) mass is 374 g/mol. The number of hydrogen-bond donors (Lipinski definition) is 2. The zero-order valence-electron chi connectivity index (χ0n) is 15.4. The van der Waals surface area contributed by atoms with E-state index in [0.717, 1.165) is 0 Å². The third-order valence-corrected chi connectivity index (χ3v) is 4.84. The van der Waals surface area contributed by atoms with E-state index in [4.69, 9.17) is 5.11 Å². The standard InChI is InChI=1S/C19H23FN4O3/c1-11(2)17-22-16(23-24(17)15-6-4-3-5-14(15)20)18(25)21-13-9-7-12(8-10-13)19(26)27/h3-6,11-13H,7-10H2,1-2H3,(H,21,25)(H,26,27). The van der Waals surface area contributed by atoms with Crippen molar-refractivity contribution in [2.24, 2.45) is 5.92 Å². The maximum Gasteiger partial charge on any atom is 0.306 e. The predicted molar refractivity (Wildman–Crippen MR) is 96.3 cm³/mol. The van der Waals surface area contributed by atoms with E-state index in [1.54, 1.807) is 18.2 Å². The molecule has 7 nitrogen and oxygen atoms in total. The van der Waals surface area contributed by atoms with E-state index >= 15 is 0 Å². The molecule has 1 heterocycles. The van der Waals surface area contributed by atoms with Gasteiger partial charge in [0.1, 0.15) is 17.3 Å². The van der Waals surface area contributed by atoms with E-state index in [0.29, 0.717) is 31.5 Å². The van der Waals surface area contributed by atoms with Crippen molar-refractivity contribution in [3.8, 4) is 5.69 Å². The van der Waals surface area contributed by atoms with Gasteiger partial charge >= 0.3 is 5.97 Å². The Bertz CT molecular complexity index is 841. The molecule has 0 saturated heterocycles. The molecule has 8 heteroatoms. The van der Waals surface area contributed by atoms with Crippen LogP contribution in [0.4, 0.5) is 4.39 Å². The van der Waals surface area contributed by atoms with Gasteiger partial charge in [0.15, 0.2) is 0 Å². The fraction of sp³-hybridized carbons (Fsp3) is 0.474. The van der Waals surface area contributed by atoms with Gasteiger partial charge in [0.05, 0.1) is 5.92 Å². The molecule has 1 saturated carbocycles. The van der Waals surface area contributed by atoms with Crippen molar-refractivity contribution in [1.29, 1.82) is 0 Å². The van der Waals surface area contributed by atoms with Crippen LogP contribution in [0, 0.1) is 11.7 Å². The summed E-state index contributed by atoms with van der Waals surface area (Å²) in [6.45, 7) is 3.80. The highest BCUT2D eigenvalue weighted by atomic mass is 19.1. The van der Waals surface area contributed by atoms with Gasteiger partial charge in [-0.3, -0.25) is 9.59 Å². The Hall–Kier alpha value is -2.77. The molecule has 1 amide bonds. The molecule has 0 spiro atoms. The Morgan fingerprint density at radius 3 is 2.48 bits per heavy atom. The first-order valence-electron chi connectivity index (χ1n) is 9.12. The zero-order chi connectivity index (χ0) is 19.6. The van der Waals surface area contributed by atoms with E-state index in [1.807, 2.05) is 13.8 Å². The second-order valence-electron chi connectivity index (χ2n) is 7.17. The number of hydrogen-bond acceptors (Lipinski definition) is 4. The van der Waals surface area contributed by atoms with Crippen LogP contribution in [0.1, 0.15) is 61.9 Å². The first-order valence-corrected chi connectivity index (χ1v) is 9.12. The van der Waals surface area contributed by atoms with E-state index in [2.05, 4.69) is 15.4 Å². The molecule has 0 radical (unpaired) electrons. The number of carbonyl (C=O) groups excluding carboxylic acids is 1. The molecule has 2 aromatic rings. The van der Waals surface area contributed by atoms with Crippen LogP contribution in [0.2, 0.25) is 0 Å². The molecule has 0 bridgehead atoms. The average molecular weight is 374 g/mol. The summed E-state index contributed by atoms with van der Waals surface area (Å²) in [6.07, 6.45) is 2.28. The van der Waals surface area contributed by atoms with Crippen molar-refractivity contribution in [2.45, 2.75) is 51.5 Å². The molecule has 1 fully saturated rings. The molecular weight excluding hydrogens is 351 g/mol. The number of nitrogens with zero attached hydrogens (tertiary/aromatic N) is 3. The van der Waals surface area contributed by atoms with Crippen molar-refractivity contribution in [3.05, 3.63) is 41.7 Å². The van der Waals surface area contributed by atoms with Crippen LogP contribution in [-0.2, 0) is 4.79 Å². The summed E-state index contributed by atoms with van der Waals surface area (Å²) in [7, 11) is 0. The molecule has 1 aliphatic carbocycles. The number of carboxylic acid groups (broad SMARTS) is 1. The summed E-state index contributed by atoms with van der Waals surface area (Å²) in [5, 5.41) is 16.2. The third kappa shape index (κ3) is 4.15. The maximum absolute atomic E-state index is 14.2. The van der Waals surface area contributed by atoms with Gasteiger partial charge in [0.25, 0.3) is 5.91 Å². The lowest BCUT2D eigenvalue weighted by Crippen LogP contribution is -2.39. The summed E-state index contributed by atoms with van der Waals surface area (Å²) in [5.41, 5.74) is 0.245. The topological polar surface area (TPSA) is 97.1 Å². The third-order valence-electron chi connectivity index (χ3n) is 4.84. The fourth-order valence-corrected chi connectivity index (χ4v) is 3.33. The van der Waals surface area contributed by atoms with Crippen molar-refractivity contribution < 1.29 is 19.1 Å². The molecule has 0 atom stereocenters. The minimum atomic E-state index is -0.786. The fourth-order valence-electron chi connectivity index (χ4n) is 3.33. The summed E-state index contributed by atoms with van der Waals surface area (Å²) in [6, 6.07) is 6.11. The largest absolute Gasteiger partial charge is 0.481 e. The van der Waals surface area contributed by atoms with Gasteiger partial charge in [-0.15, -0.1) is 5.10 Å². The number of benzene rings is 1. The number of halogens is 1. The molecule has 144 valence electrons. The highest BCUT2D eigenvalue weighted by molar-refractivity contribution is 5.90. The molecule has 27 heavy (non-hydrogen) atoms. The number of para-hydroxylation sites is 1. The molecule has 1 aromatic heterocycles. The van der Waals surface area contributed by atoms with Crippen LogP contribution in [0.3, 0.4) is 0 Å². The quantitative estimate of drug-likeness (QED) is 0.839. The number of nitrogens with one attached hydrogen (secondary N) is 1. The summed E-state index contributed by atoms with van der Waals surface area (Å²) >= 11 is 0. The number of aliphatic carboxylic acids is 1. The highest BCUT2D eigenvalue weighted by Gasteiger charge is 2.28. The SMILES string of the molecule is CC(C)c1nc(C(=O)NC2CCC(C(=O)O)CC2)nn1-c1ccccc1F. The Morgan fingerprint density at radius 1 is 1.22 bits per heavy atom. The van der Waals surface area contributed by atoms with Gasteiger partial charge in [-0.1, -0.05) is 26.0 Å². The highest BCUT2D eigenvalue weighted by Crippen LogP contribution is 2.25. The van der Waals surface area contributed by atoms with Gasteiger partial charge in [-0.05, 0) is 37.8 Å². The second-order valence-corrected chi connectivity index (χ2v) is 7.17. The number of rotatable bonds is 5. The Labute approximate surface area is 156 Å². The Morgan fingerprint density at radius 2 is 1.89 bits per heavy atom. The Kier molecular flexibility index (Phi) is 5.53. The normalized spacial score (nSPS) is 19.9. The lowest BCUT2D eigenvalue weighted by atomic mass is 9.86. The minimum Gasteiger partial charge on any atom is -0.481 e. The van der Waals surface area contributed by atoms with E-state index in [1.165, 1.54) is 10.7 Å². The molecule has 2 N–H and O–H groups in total. The number of amides is 1. The summed E-state index contributed by atoms with van der Waals surface area (Å²) in [4.78, 5) is 27.9. The Balaban J connectivity index is 1.77. The first kappa shape index (κ1) is 19.0. The van der Waals surface area contributed by atoms with Crippen LogP contribution in [0.15, 0.2) is 24.3 Å². The second kappa shape index (κ2) is 7.85. The van der Waals surface area contributed by atoms with E-state index in [9.17, 15) is 14.0 Å². The zero-order valence-corrected chi connectivity index (χ0v) is 15.4. The van der Waals surface area contributed by atoms with Gasteiger partial charge in [-0.25, -0.2) is 14.1 Å². The van der Waals surface area contributed by atoms with Crippen LogP contribution < -0.4 is 5.32 Å². The maximum atomic E-state index is 14.2. The van der Waals surface area contributed by atoms with Crippen molar-refractivity contribution in [3.63, 3.8) is 0 Å². The molecule has 0 unspecified atom stereocenters. The van der Waals surface area contributed by atoms with Crippen molar-refractivity contribution in [2.75, 3.05) is 0 Å². The summed E-state index contributed by atoms with van der Waals surface area (Å²) < 4.78 is 15.5. The number of aromatic nitrogens is 3. The first-order chi connectivity index (χ1) is 12.9. The van der Waals surface area contributed by atoms with Gasteiger partial charge in [0.2, 0.25) is 5.82 Å². The van der Waals surface area contributed by atoms with Crippen molar-refractivity contribution in [1.82, 2.24) is 20.1 Å². The lowest BCUT2D eigenvalue weighted by Gasteiger charge is -2.26. The van der Waals surface area contributed by atoms with Gasteiger partial charge in [-0.2, -0.15) is 0 Å². The van der Waals surface area contributed by atoms with Gasteiger partial charge in [0, 0.05) is 12.0 Å². The van der Waals surface area contributed by atoms with Gasteiger partial charge < -0.3 is 10.4 Å². The average Bonchev–Trinajstić information content (AvgIpc) is 3.08. The van der Waals surface area contributed by atoms with E-state index < -0.39 is 17.7 Å². The number of carboxylic acids is 1. The van der Waals surface area contributed by atoms with Crippen LogP contribution in [0.5, 0.6) is 0 Å². The molecule has 1 aromatic carbocycles. The van der Waals surface area contributed by atoms with Crippen LogP contribution in [-0.4, -0.2) is 37.8 Å².